The minimum absolute atomic E-state index is 0. The number of pyridine rings is 1. The Hall–Kier alpha value is -1.76. The van der Waals surface area contributed by atoms with Crippen molar-refractivity contribution < 1.29 is 20.1 Å². The first-order chi connectivity index (χ1) is 10.1. The van der Waals surface area contributed by atoms with E-state index >= 15 is 0 Å². The predicted molar refractivity (Wildman–Crippen MR) is 90.3 cm³/mol. The molecule has 1 radical (unpaired) electrons. The fourth-order valence-electron chi connectivity index (χ4n) is 2.88. The minimum Gasteiger partial charge on any atom is -0.304 e. The van der Waals surface area contributed by atoms with E-state index < -0.39 is 0 Å². The first kappa shape index (κ1) is 16.6. The Morgan fingerprint density at radius 3 is 2.50 bits per heavy atom. The summed E-state index contributed by atoms with van der Waals surface area (Å²) in [6.45, 7) is 10.2. The number of aromatic nitrogens is 1. The third-order valence-corrected chi connectivity index (χ3v) is 3.88. The zero-order valence-corrected chi connectivity index (χ0v) is 15.4. The van der Waals surface area contributed by atoms with Gasteiger partial charge < -0.3 is 4.98 Å². The van der Waals surface area contributed by atoms with Gasteiger partial charge in [0, 0.05) is 26.3 Å². The number of fused-ring (bicyclic) bond motifs is 1. The van der Waals surface area contributed by atoms with Gasteiger partial charge in [-0.2, -0.15) is 0 Å². The zero-order chi connectivity index (χ0) is 15.0. The van der Waals surface area contributed by atoms with Crippen LogP contribution in [0.15, 0.2) is 43.1 Å². The van der Waals surface area contributed by atoms with Gasteiger partial charge in [0.05, 0.1) is 0 Å². The van der Waals surface area contributed by atoms with Crippen LogP contribution >= 0.6 is 0 Å². The number of benzene rings is 2. The zero-order valence-electron chi connectivity index (χ0n) is 13.0. The largest absolute Gasteiger partial charge is 0.304 e. The van der Waals surface area contributed by atoms with E-state index in [1.807, 2.05) is 12.3 Å². The van der Waals surface area contributed by atoms with E-state index in [9.17, 15) is 0 Å². The van der Waals surface area contributed by atoms with Gasteiger partial charge in [-0.25, -0.2) is 0 Å². The monoisotopic (exact) mass is 465 g/mol. The molecule has 3 aromatic rings. The number of hydrogen-bond acceptors (Lipinski definition) is 1. The molecule has 22 heavy (non-hydrogen) atoms. The van der Waals surface area contributed by atoms with Crippen LogP contribution in [0.1, 0.15) is 22.3 Å². The Balaban J connectivity index is 0.00000176. The second kappa shape index (κ2) is 6.56. The van der Waals surface area contributed by atoms with E-state index in [-0.39, 0.29) is 20.1 Å². The molecule has 0 saturated heterocycles. The van der Waals surface area contributed by atoms with E-state index in [2.05, 4.69) is 68.7 Å². The van der Waals surface area contributed by atoms with Crippen LogP contribution in [0.3, 0.4) is 0 Å². The molecular weight excluding hydrogens is 446 g/mol. The first-order valence-electron chi connectivity index (χ1n) is 7.12. The molecule has 113 valence electrons. The molecule has 0 aliphatic carbocycles. The minimum atomic E-state index is 0. The summed E-state index contributed by atoms with van der Waals surface area (Å²) < 4.78 is 0. The van der Waals surface area contributed by atoms with Gasteiger partial charge in [0.1, 0.15) is 0 Å². The van der Waals surface area contributed by atoms with Crippen molar-refractivity contribution in [1.29, 1.82) is 0 Å². The molecule has 0 unspecified atom stereocenters. The summed E-state index contributed by atoms with van der Waals surface area (Å²) in [7, 11) is 0. The summed E-state index contributed by atoms with van der Waals surface area (Å²) in [5, 5.41) is 2.40. The second-order valence-corrected chi connectivity index (χ2v) is 5.49. The molecule has 0 spiro atoms. The molecule has 2 heteroatoms. The van der Waals surface area contributed by atoms with Gasteiger partial charge in [0.2, 0.25) is 0 Å². The maximum absolute atomic E-state index is 4.60. The predicted octanol–water partition coefficient (Wildman–Crippen LogP) is 5.27. The van der Waals surface area contributed by atoms with Gasteiger partial charge in [-0.15, -0.1) is 34.9 Å². The van der Waals surface area contributed by atoms with Crippen LogP contribution in [0.5, 0.6) is 0 Å². The molecule has 1 aromatic heterocycles. The molecule has 3 rings (SSSR count). The van der Waals surface area contributed by atoms with Crippen molar-refractivity contribution in [2.45, 2.75) is 20.8 Å². The van der Waals surface area contributed by atoms with E-state index in [0.29, 0.717) is 0 Å². The maximum Gasteiger partial charge on any atom is 0.0167 e. The van der Waals surface area contributed by atoms with Crippen LogP contribution in [-0.2, 0) is 20.1 Å². The number of rotatable bonds is 2. The first-order valence-corrected chi connectivity index (χ1v) is 7.12. The Labute approximate surface area is 145 Å². The fourth-order valence-corrected chi connectivity index (χ4v) is 2.88. The average Bonchev–Trinajstić information content (AvgIpc) is 2.46. The molecular formula is C20H18IrN-. The SMILES string of the molecule is C=Cc1ccc2c(-c3[c-]c(C)cc(C)c3)nccc2c1C.[Ir]. The molecule has 0 aliphatic heterocycles. The van der Waals surface area contributed by atoms with Crippen LogP contribution < -0.4 is 0 Å². The standard InChI is InChI=1S/C20H18N.Ir/c1-5-16-6-7-19-18(15(16)4)8-9-21-20(19)17-11-13(2)10-14(3)12-17;/h5-11H,1H2,2-4H3;/q-1;. The Bertz CT molecular complexity index is 829. The molecule has 0 atom stereocenters. The topological polar surface area (TPSA) is 12.9 Å². The summed E-state index contributed by atoms with van der Waals surface area (Å²) in [5.41, 5.74) is 6.85. The maximum atomic E-state index is 4.60. The molecule has 0 saturated carbocycles. The Morgan fingerprint density at radius 1 is 1.05 bits per heavy atom. The van der Waals surface area contributed by atoms with Gasteiger partial charge in [-0.3, -0.25) is 0 Å². The van der Waals surface area contributed by atoms with Crippen molar-refractivity contribution in [2.75, 3.05) is 0 Å². The molecule has 1 nitrogen and oxygen atoms in total. The van der Waals surface area contributed by atoms with Gasteiger partial charge in [0.15, 0.2) is 0 Å². The number of aryl methyl sites for hydroxylation is 3. The fraction of sp³-hybridized carbons (Fsp3) is 0.150. The van der Waals surface area contributed by atoms with Crippen LogP contribution in [0.2, 0.25) is 0 Å². The van der Waals surface area contributed by atoms with Crippen LogP contribution in [0, 0.1) is 26.8 Å². The molecule has 2 aromatic carbocycles. The molecule has 0 N–H and O–H groups in total. The smallest absolute Gasteiger partial charge is 0.0167 e. The van der Waals surface area contributed by atoms with E-state index in [0.717, 1.165) is 16.8 Å². The van der Waals surface area contributed by atoms with Crippen LogP contribution in [0.4, 0.5) is 0 Å². The van der Waals surface area contributed by atoms with Crippen molar-refractivity contribution >= 4 is 16.8 Å². The number of hydrogen-bond donors (Lipinski definition) is 0. The normalized spacial score (nSPS) is 10.3. The van der Waals surface area contributed by atoms with E-state index in [1.165, 1.54) is 27.5 Å². The molecule has 0 fully saturated rings. The van der Waals surface area contributed by atoms with Crippen LogP contribution in [-0.4, -0.2) is 4.98 Å². The van der Waals surface area contributed by atoms with Crippen molar-refractivity contribution in [1.82, 2.24) is 4.98 Å². The van der Waals surface area contributed by atoms with Crippen molar-refractivity contribution in [3.63, 3.8) is 0 Å². The van der Waals surface area contributed by atoms with Gasteiger partial charge in [-0.1, -0.05) is 38.6 Å². The molecule has 1 heterocycles. The van der Waals surface area contributed by atoms with Crippen molar-refractivity contribution in [3.05, 3.63) is 71.4 Å². The summed E-state index contributed by atoms with van der Waals surface area (Å²) in [5.74, 6) is 0. The third kappa shape index (κ3) is 2.90. The van der Waals surface area contributed by atoms with E-state index in [1.54, 1.807) is 0 Å². The van der Waals surface area contributed by atoms with Crippen molar-refractivity contribution in [3.8, 4) is 11.3 Å². The van der Waals surface area contributed by atoms with Gasteiger partial charge in [-0.05, 0) is 40.6 Å². The van der Waals surface area contributed by atoms with Crippen LogP contribution in [0.25, 0.3) is 28.1 Å². The molecule has 0 bridgehead atoms. The molecule has 0 amide bonds. The summed E-state index contributed by atoms with van der Waals surface area (Å²) in [6.07, 6.45) is 3.78. The number of nitrogens with zero attached hydrogens (tertiary/aromatic N) is 1. The van der Waals surface area contributed by atoms with E-state index in [4.69, 9.17) is 0 Å². The van der Waals surface area contributed by atoms with Gasteiger partial charge in [0.25, 0.3) is 0 Å². The average molecular weight is 465 g/mol. The quantitative estimate of drug-likeness (QED) is 0.471. The summed E-state index contributed by atoms with van der Waals surface area (Å²) >= 11 is 0. The Kier molecular flexibility index (Phi) is 4.95. The molecule has 0 aliphatic rings. The Morgan fingerprint density at radius 2 is 1.82 bits per heavy atom. The van der Waals surface area contributed by atoms with Gasteiger partial charge >= 0.3 is 0 Å². The summed E-state index contributed by atoms with van der Waals surface area (Å²) in [4.78, 5) is 4.60. The van der Waals surface area contributed by atoms with Crippen molar-refractivity contribution in [2.24, 2.45) is 0 Å². The summed E-state index contributed by atoms with van der Waals surface area (Å²) in [6, 6.07) is 14.0. The third-order valence-electron chi connectivity index (χ3n) is 3.88. The second-order valence-electron chi connectivity index (χ2n) is 5.49.